The first-order valence-corrected chi connectivity index (χ1v) is 11.6. The number of nitrogens with zero attached hydrogens (tertiary/aromatic N) is 3. The molecule has 1 aliphatic heterocycles. The average Bonchev–Trinajstić information content (AvgIpc) is 3.40. The van der Waals surface area contributed by atoms with Crippen LogP contribution in [0.1, 0.15) is 26.4 Å². The van der Waals surface area contributed by atoms with Crippen molar-refractivity contribution < 1.29 is 9.18 Å². The van der Waals surface area contributed by atoms with Crippen LogP contribution in [-0.4, -0.2) is 17.9 Å². The summed E-state index contributed by atoms with van der Waals surface area (Å²) < 4.78 is 14.1. The van der Waals surface area contributed by atoms with Gasteiger partial charge in [-0.2, -0.15) is 0 Å². The largest absolute Gasteiger partial charge is 0.397 e. The summed E-state index contributed by atoms with van der Waals surface area (Å²) in [6.45, 7) is 1.97. The number of fused-ring (bicyclic) bond motifs is 1. The number of carbonyl (C=O) groups excluding carboxylic acids is 1. The van der Waals surface area contributed by atoms with Gasteiger partial charge in [-0.05, 0) is 49.4 Å². The van der Waals surface area contributed by atoms with E-state index in [9.17, 15) is 9.18 Å². The van der Waals surface area contributed by atoms with Crippen LogP contribution in [0.5, 0.6) is 0 Å². The highest BCUT2D eigenvalue weighted by Crippen LogP contribution is 2.46. The van der Waals surface area contributed by atoms with Gasteiger partial charge in [0.1, 0.15) is 12.0 Å². The molecule has 1 atom stereocenters. The van der Waals surface area contributed by atoms with Crippen molar-refractivity contribution >= 4 is 51.3 Å². The number of amides is 1. The second-order valence-corrected chi connectivity index (χ2v) is 9.74. The number of thiophene rings is 1. The molecule has 4 N–H and O–H groups in total. The molecule has 0 saturated carbocycles. The number of nitrogens with two attached hydrogens (primary N) is 2. The molecule has 0 aliphatic carbocycles. The molecule has 32 heavy (non-hydrogen) atoms. The van der Waals surface area contributed by atoms with E-state index >= 15 is 0 Å². The molecule has 2 aromatic carbocycles. The Bertz CT molecular complexity index is 1330. The predicted octanol–water partition coefficient (Wildman–Crippen LogP) is 5.28. The molecule has 4 aromatic rings. The highest BCUT2D eigenvalue weighted by Gasteiger charge is 2.40. The highest BCUT2D eigenvalue weighted by atomic mass is 32.1. The summed E-state index contributed by atoms with van der Waals surface area (Å²) >= 11 is 3.14. The number of aryl methyl sites for hydroxylation is 1. The number of hydrogen-bond acceptors (Lipinski definition) is 7. The lowest BCUT2D eigenvalue weighted by Gasteiger charge is -2.44. The minimum Gasteiger partial charge on any atom is -0.397 e. The number of hydrogen-bond donors (Lipinski definition) is 2. The van der Waals surface area contributed by atoms with Crippen molar-refractivity contribution in [2.75, 3.05) is 28.3 Å². The Kier molecular flexibility index (Phi) is 4.87. The first-order valence-electron chi connectivity index (χ1n) is 9.87. The van der Waals surface area contributed by atoms with Crippen molar-refractivity contribution in [3.8, 4) is 10.6 Å². The van der Waals surface area contributed by atoms with Crippen molar-refractivity contribution in [2.24, 2.45) is 0 Å². The maximum Gasteiger partial charge on any atom is 0.262 e. The van der Waals surface area contributed by atoms with Gasteiger partial charge in [-0.1, -0.05) is 6.07 Å². The number of halogens is 1. The maximum atomic E-state index is 14.1. The van der Waals surface area contributed by atoms with E-state index in [1.807, 2.05) is 36.4 Å². The van der Waals surface area contributed by atoms with Crippen molar-refractivity contribution in [3.05, 3.63) is 75.2 Å². The Morgan fingerprint density at radius 1 is 1.09 bits per heavy atom. The zero-order chi connectivity index (χ0) is 22.6. The molecule has 9 heteroatoms. The monoisotopic (exact) mass is 465 g/mol. The van der Waals surface area contributed by atoms with E-state index in [-0.39, 0.29) is 11.5 Å². The van der Waals surface area contributed by atoms with Crippen LogP contribution in [0.2, 0.25) is 0 Å². The maximum absolute atomic E-state index is 14.1. The van der Waals surface area contributed by atoms with Gasteiger partial charge in [0.15, 0.2) is 0 Å². The number of nitrogen functional groups attached to an aromatic ring is 2. The quantitative estimate of drug-likeness (QED) is 0.402. The number of benzene rings is 2. The van der Waals surface area contributed by atoms with E-state index in [1.165, 1.54) is 12.1 Å². The number of carbonyl (C=O) groups is 1. The Labute approximate surface area is 192 Å². The lowest BCUT2D eigenvalue weighted by molar-refractivity contribution is 0.0970. The first-order chi connectivity index (χ1) is 15.3. The Balaban J connectivity index is 1.70. The second kappa shape index (κ2) is 7.61. The van der Waals surface area contributed by atoms with Gasteiger partial charge < -0.3 is 16.4 Å². The van der Waals surface area contributed by atoms with E-state index in [2.05, 4.69) is 4.98 Å². The van der Waals surface area contributed by atoms with Gasteiger partial charge in [-0.15, -0.1) is 22.7 Å². The van der Waals surface area contributed by atoms with Crippen LogP contribution < -0.4 is 21.3 Å². The molecule has 6 nitrogen and oxygen atoms in total. The molecule has 162 valence electrons. The molecule has 2 aromatic heterocycles. The SMILES string of the molecule is Cc1nc(-c2ccc(C3N(C)c4ccc(F)cc4C(=O)N3c3c(N)cccc3N)s2)cs1. The van der Waals surface area contributed by atoms with Crippen LogP contribution >= 0.6 is 22.7 Å². The molecule has 1 unspecified atom stereocenters. The van der Waals surface area contributed by atoms with Crippen LogP contribution in [-0.2, 0) is 0 Å². The van der Waals surface area contributed by atoms with Gasteiger partial charge in [0.25, 0.3) is 5.91 Å². The van der Waals surface area contributed by atoms with Crippen LogP contribution in [0, 0.1) is 12.7 Å². The summed E-state index contributed by atoms with van der Waals surface area (Å²) in [5.41, 5.74) is 15.5. The van der Waals surface area contributed by atoms with Gasteiger partial charge in [0.2, 0.25) is 0 Å². The zero-order valence-electron chi connectivity index (χ0n) is 17.4. The summed E-state index contributed by atoms with van der Waals surface area (Å²) in [6.07, 6.45) is -0.508. The van der Waals surface area contributed by atoms with Crippen molar-refractivity contribution in [2.45, 2.75) is 13.1 Å². The van der Waals surface area contributed by atoms with Gasteiger partial charge in [0, 0.05) is 17.3 Å². The molecule has 3 heterocycles. The van der Waals surface area contributed by atoms with Crippen LogP contribution in [0.15, 0.2) is 53.9 Å². The van der Waals surface area contributed by atoms with Crippen molar-refractivity contribution in [1.82, 2.24) is 4.98 Å². The third kappa shape index (κ3) is 3.21. The summed E-state index contributed by atoms with van der Waals surface area (Å²) in [5, 5.41) is 3.01. The smallest absolute Gasteiger partial charge is 0.262 e. The van der Waals surface area contributed by atoms with Crippen LogP contribution in [0.3, 0.4) is 0 Å². The number of para-hydroxylation sites is 1. The summed E-state index contributed by atoms with van der Waals surface area (Å²) in [7, 11) is 1.88. The molecule has 0 saturated heterocycles. The fraction of sp³-hybridized carbons (Fsp3) is 0.130. The highest BCUT2D eigenvalue weighted by molar-refractivity contribution is 7.16. The lowest BCUT2D eigenvalue weighted by Crippen LogP contribution is -2.48. The van der Waals surface area contributed by atoms with Gasteiger partial charge in [-0.25, -0.2) is 9.37 Å². The lowest BCUT2D eigenvalue weighted by atomic mass is 10.0. The molecular weight excluding hydrogens is 445 g/mol. The Morgan fingerprint density at radius 2 is 1.84 bits per heavy atom. The van der Waals surface area contributed by atoms with E-state index in [0.717, 1.165) is 20.5 Å². The third-order valence-corrected chi connectivity index (χ3v) is 7.41. The Morgan fingerprint density at radius 3 is 2.53 bits per heavy atom. The fourth-order valence-corrected chi connectivity index (χ4v) is 5.83. The minimum absolute atomic E-state index is 0.262. The van der Waals surface area contributed by atoms with Gasteiger partial charge in [-0.3, -0.25) is 9.69 Å². The third-order valence-electron chi connectivity index (χ3n) is 5.49. The van der Waals surface area contributed by atoms with Crippen LogP contribution in [0.25, 0.3) is 10.6 Å². The summed E-state index contributed by atoms with van der Waals surface area (Å²) in [6, 6.07) is 13.4. The molecule has 1 amide bonds. The molecule has 0 fully saturated rings. The standard InChI is InChI=1S/C23H20FN5OS2/c1-12-27-17(11-31-12)19-8-9-20(32-19)22-28(2)18-7-6-13(24)10-14(18)23(30)29(22)21-15(25)4-3-5-16(21)26/h3-11,22H,25-26H2,1-2H3. The average molecular weight is 466 g/mol. The minimum atomic E-state index is -0.508. The normalized spacial score (nSPS) is 15.8. The number of rotatable bonds is 3. The van der Waals surface area contributed by atoms with Crippen molar-refractivity contribution in [1.29, 1.82) is 0 Å². The van der Waals surface area contributed by atoms with Crippen LogP contribution in [0.4, 0.5) is 27.1 Å². The molecule has 0 radical (unpaired) electrons. The van der Waals surface area contributed by atoms with Gasteiger partial charge >= 0.3 is 0 Å². The number of thiazole rings is 1. The predicted molar refractivity (Wildman–Crippen MR) is 130 cm³/mol. The second-order valence-electron chi connectivity index (χ2n) is 7.56. The number of aromatic nitrogens is 1. The molecule has 1 aliphatic rings. The Hall–Kier alpha value is -3.43. The molecular formula is C23H20FN5OS2. The van der Waals surface area contributed by atoms with Gasteiger partial charge in [0.05, 0.1) is 43.9 Å². The first kappa shape index (κ1) is 20.5. The summed E-state index contributed by atoms with van der Waals surface area (Å²) in [5.74, 6) is -0.832. The van der Waals surface area contributed by atoms with E-state index in [1.54, 1.807) is 51.8 Å². The molecule has 0 spiro atoms. The zero-order valence-corrected chi connectivity index (χ0v) is 19.0. The van der Waals surface area contributed by atoms with Crippen molar-refractivity contribution in [3.63, 3.8) is 0 Å². The van der Waals surface area contributed by atoms with E-state index in [4.69, 9.17) is 11.5 Å². The fourth-order valence-electron chi connectivity index (χ4n) is 4.04. The summed E-state index contributed by atoms with van der Waals surface area (Å²) in [4.78, 5) is 23.7. The molecule has 5 rings (SSSR count). The number of anilines is 4. The molecule has 0 bridgehead atoms. The topological polar surface area (TPSA) is 88.5 Å². The van der Waals surface area contributed by atoms with E-state index < -0.39 is 12.0 Å². The van der Waals surface area contributed by atoms with E-state index in [0.29, 0.717) is 22.7 Å².